The van der Waals surface area contributed by atoms with Crippen LogP contribution in [-0.4, -0.2) is 13.8 Å². The molecule has 20 heavy (non-hydrogen) atoms. The van der Waals surface area contributed by atoms with E-state index in [2.05, 4.69) is 65.8 Å². The van der Waals surface area contributed by atoms with Crippen LogP contribution in [0.25, 0.3) is 0 Å². The number of benzene rings is 2. The Bertz CT molecular complexity index is 555. The van der Waals surface area contributed by atoms with Crippen LogP contribution in [0.4, 0.5) is 0 Å². The van der Waals surface area contributed by atoms with E-state index in [1.54, 1.807) is 0 Å². The minimum absolute atomic E-state index is 1.19. The summed E-state index contributed by atoms with van der Waals surface area (Å²) in [7, 11) is -2.12. The second kappa shape index (κ2) is 5.55. The zero-order chi connectivity index (χ0) is 15.0. The van der Waals surface area contributed by atoms with Gasteiger partial charge < -0.3 is 4.80 Å². The zero-order valence-electron chi connectivity index (χ0n) is 13.3. The lowest BCUT2D eigenvalue weighted by molar-refractivity contribution is 0.599. The number of hydrogen-bond donors (Lipinski definition) is 1. The van der Waals surface area contributed by atoms with Gasteiger partial charge in [-0.25, -0.2) is 0 Å². The lowest BCUT2D eigenvalue weighted by atomic mass is 10.1. The smallest absolute Gasteiger partial charge is 0.237 e. The van der Waals surface area contributed by atoms with E-state index in [0.29, 0.717) is 0 Å². The first-order valence-corrected chi connectivity index (χ1v) is 8.82. The highest BCUT2D eigenvalue weighted by atomic mass is 28.3. The largest absolute Gasteiger partial charge is 0.426 e. The molecule has 0 unspecified atom stereocenters. The summed E-state index contributed by atoms with van der Waals surface area (Å²) in [5, 5.41) is 2.37. The number of hydrogen-bond acceptors (Lipinski definition) is 1. The van der Waals surface area contributed by atoms with Crippen LogP contribution in [0.1, 0.15) is 33.4 Å². The second-order valence-electron chi connectivity index (χ2n) is 6.03. The molecule has 0 aliphatic heterocycles. The fourth-order valence-electron chi connectivity index (χ4n) is 3.39. The van der Waals surface area contributed by atoms with Crippen molar-refractivity contribution >= 4 is 19.4 Å². The van der Waals surface area contributed by atoms with Crippen molar-refractivity contribution in [1.29, 1.82) is 0 Å². The van der Waals surface area contributed by atoms with Gasteiger partial charge in [-0.15, -0.1) is 0 Å². The van der Waals surface area contributed by atoms with Crippen LogP contribution in [0.5, 0.6) is 0 Å². The molecule has 0 saturated heterocycles. The topological polar surface area (TPSA) is 20.2 Å². The Morgan fingerprint density at radius 2 is 0.850 bits per heavy atom. The summed E-state index contributed by atoms with van der Waals surface area (Å²) in [6.07, 6.45) is 0. The van der Waals surface area contributed by atoms with E-state index < -0.39 is 9.04 Å². The molecule has 0 fully saturated rings. The first-order valence-electron chi connectivity index (χ1n) is 7.14. The molecule has 2 aromatic rings. The molecule has 0 saturated carbocycles. The lowest BCUT2D eigenvalue weighted by Gasteiger charge is -2.20. The van der Waals surface area contributed by atoms with Crippen molar-refractivity contribution in [3.05, 3.63) is 57.6 Å². The molecule has 0 aliphatic carbocycles. The molecule has 2 heteroatoms. The van der Waals surface area contributed by atoms with Crippen LogP contribution in [-0.2, 0) is 0 Å². The summed E-state index contributed by atoms with van der Waals surface area (Å²) in [5.41, 5.74) is 7.42. The normalized spacial score (nSPS) is 11.2. The first kappa shape index (κ1) is 15.0. The van der Waals surface area contributed by atoms with Gasteiger partial charge in [0, 0.05) is 0 Å². The minimum Gasteiger partial charge on any atom is -0.426 e. The molecule has 0 aliphatic rings. The van der Waals surface area contributed by atoms with Gasteiger partial charge in [0.25, 0.3) is 0 Å². The van der Waals surface area contributed by atoms with E-state index in [1.165, 1.54) is 43.8 Å². The van der Waals surface area contributed by atoms with Gasteiger partial charge in [-0.3, -0.25) is 0 Å². The number of aryl methyl sites for hydroxylation is 6. The summed E-state index contributed by atoms with van der Waals surface area (Å²) in [6.45, 7) is 12.7. The fourth-order valence-corrected chi connectivity index (χ4v) is 5.74. The average molecular weight is 284 g/mol. The predicted octanol–water partition coefficient (Wildman–Crippen LogP) is 2.37. The van der Waals surface area contributed by atoms with Crippen molar-refractivity contribution in [2.75, 3.05) is 0 Å². The molecule has 0 spiro atoms. The second-order valence-corrected chi connectivity index (χ2v) is 7.99. The highest BCUT2D eigenvalue weighted by molar-refractivity contribution is 6.80. The molecule has 0 radical (unpaired) electrons. The summed E-state index contributed by atoms with van der Waals surface area (Å²) in [6, 6.07) is 8.71. The minimum atomic E-state index is -2.12. The van der Waals surface area contributed by atoms with E-state index in [-0.39, 0.29) is 0 Å². The van der Waals surface area contributed by atoms with Crippen LogP contribution in [0.2, 0.25) is 0 Å². The van der Waals surface area contributed by atoms with Crippen LogP contribution >= 0.6 is 0 Å². The van der Waals surface area contributed by atoms with Gasteiger partial charge in [-0.05, 0) is 74.2 Å². The molecule has 1 N–H and O–H groups in total. The predicted molar refractivity (Wildman–Crippen MR) is 89.9 cm³/mol. The Labute approximate surface area is 124 Å². The Morgan fingerprint density at radius 1 is 0.600 bits per heavy atom. The molecule has 0 bridgehead atoms. The van der Waals surface area contributed by atoms with Gasteiger partial charge in [-0.2, -0.15) is 0 Å². The Balaban J connectivity index is 2.61. The van der Waals surface area contributed by atoms with E-state index >= 15 is 0 Å². The van der Waals surface area contributed by atoms with Crippen molar-refractivity contribution in [3.63, 3.8) is 0 Å². The summed E-state index contributed by atoms with van der Waals surface area (Å²) >= 11 is 0. The highest BCUT2D eigenvalue weighted by Crippen LogP contribution is 2.11. The van der Waals surface area contributed by atoms with Gasteiger partial charge in [0.15, 0.2) is 0 Å². The van der Waals surface area contributed by atoms with Gasteiger partial charge >= 0.3 is 0 Å². The zero-order valence-corrected chi connectivity index (χ0v) is 14.5. The van der Waals surface area contributed by atoms with E-state index in [4.69, 9.17) is 0 Å². The molecule has 1 nitrogen and oxygen atoms in total. The molecule has 0 heterocycles. The number of rotatable bonds is 2. The quantitative estimate of drug-likeness (QED) is 0.840. The summed E-state index contributed by atoms with van der Waals surface area (Å²) < 4.78 is 0. The molecule has 2 aromatic carbocycles. The average Bonchev–Trinajstić information content (AvgIpc) is 2.25. The fraction of sp³-hybridized carbons (Fsp3) is 0.333. The maximum absolute atomic E-state index is 11.0. The van der Waals surface area contributed by atoms with Crippen LogP contribution in [0, 0.1) is 41.5 Å². The molecular formula is C18H24OSi. The van der Waals surface area contributed by atoms with Crippen molar-refractivity contribution in [2.45, 2.75) is 41.5 Å². The molecular weight excluding hydrogens is 260 g/mol. The van der Waals surface area contributed by atoms with Gasteiger partial charge in [-0.1, -0.05) is 35.4 Å². The van der Waals surface area contributed by atoms with Crippen LogP contribution in [0.15, 0.2) is 24.3 Å². The molecule has 0 aromatic heterocycles. The third-order valence-corrected chi connectivity index (χ3v) is 6.94. The standard InChI is InChI=1S/C18H24OSi/c1-11-7-13(3)17(14(4)8-11)20(19)18-15(5)9-12(2)10-16(18)6/h7-10,19-20H,1-6H3. The summed E-state index contributed by atoms with van der Waals surface area (Å²) in [5.74, 6) is 0. The van der Waals surface area contributed by atoms with Crippen molar-refractivity contribution in [2.24, 2.45) is 0 Å². The Morgan fingerprint density at radius 3 is 1.10 bits per heavy atom. The van der Waals surface area contributed by atoms with Crippen LogP contribution in [0.3, 0.4) is 0 Å². The van der Waals surface area contributed by atoms with Crippen molar-refractivity contribution in [1.82, 2.24) is 0 Å². The molecule has 0 atom stereocenters. The van der Waals surface area contributed by atoms with E-state index in [0.717, 1.165) is 0 Å². The molecule has 0 amide bonds. The first-order chi connectivity index (χ1) is 9.31. The third kappa shape index (κ3) is 2.72. The molecule has 2 rings (SSSR count). The maximum Gasteiger partial charge on any atom is 0.237 e. The lowest BCUT2D eigenvalue weighted by Crippen LogP contribution is -2.47. The summed E-state index contributed by atoms with van der Waals surface area (Å²) in [4.78, 5) is 11.0. The maximum atomic E-state index is 11.0. The molecule has 106 valence electrons. The Hall–Kier alpha value is -1.38. The van der Waals surface area contributed by atoms with E-state index in [1.807, 2.05) is 0 Å². The SMILES string of the molecule is Cc1cc(C)c([SiH](O)c2c(C)cc(C)cc2C)c(C)c1. The van der Waals surface area contributed by atoms with Gasteiger partial charge in [0.05, 0.1) is 0 Å². The van der Waals surface area contributed by atoms with Crippen molar-refractivity contribution < 1.29 is 4.80 Å². The van der Waals surface area contributed by atoms with Crippen LogP contribution < -0.4 is 10.4 Å². The highest BCUT2D eigenvalue weighted by Gasteiger charge is 2.22. The monoisotopic (exact) mass is 284 g/mol. The van der Waals surface area contributed by atoms with E-state index in [9.17, 15) is 4.80 Å². The van der Waals surface area contributed by atoms with Gasteiger partial charge in [0.1, 0.15) is 0 Å². The van der Waals surface area contributed by atoms with Gasteiger partial charge in [0.2, 0.25) is 9.04 Å². The third-order valence-electron chi connectivity index (χ3n) is 4.02. The van der Waals surface area contributed by atoms with Crippen molar-refractivity contribution in [3.8, 4) is 0 Å². The Kier molecular flexibility index (Phi) is 4.16.